The summed E-state index contributed by atoms with van der Waals surface area (Å²) in [5, 5.41) is 0. The van der Waals surface area contributed by atoms with Crippen molar-refractivity contribution in [3.63, 3.8) is 0 Å². The van der Waals surface area contributed by atoms with Crippen molar-refractivity contribution in [2.45, 2.75) is 329 Å². The molecule has 0 aliphatic heterocycles. The molecule has 0 amide bonds. The maximum atomic E-state index is 12.8. The maximum absolute atomic E-state index is 12.8. The van der Waals surface area contributed by atoms with Crippen LogP contribution in [0.2, 0.25) is 0 Å². The topological polar surface area (TPSA) is 78.9 Å². The van der Waals surface area contributed by atoms with Gasteiger partial charge in [-0.1, -0.05) is 285 Å². The Morgan fingerprint density at radius 2 is 0.556 bits per heavy atom. The standard InChI is InChI=1S/C57H110O6/c1-5-8-10-12-14-16-17-18-19-20-21-22-26-29-33-37-41-45-49-56(59)62-52-54(51-61-55(58)48-44-40-36-31-15-13-11-9-6-2)63-57(60)50-46-42-38-34-30-27-24-23-25-28-32-35-39-43-47-53(4)7-3/h53-54H,5-52H2,1-4H3/t53?,54-/m0/s1. The molecule has 0 radical (unpaired) electrons. The number of carbonyl (C=O) groups is 3. The highest BCUT2D eigenvalue weighted by atomic mass is 16.6. The van der Waals surface area contributed by atoms with E-state index in [0.29, 0.717) is 19.3 Å². The molecule has 0 saturated carbocycles. The first-order valence-electron chi connectivity index (χ1n) is 28.4. The summed E-state index contributed by atoms with van der Waals surface area (Å²) in [5.41, 5.74) is 0. The molecule has 374 valence electrons. The van der Waals surface area contributed by atoms with Crippen molar-refractivity contribution < 1.29 is 28.6 Å². The maximum Gasteiger partial charge on any atom is 0.306 e. The third-order valence-corrected chi connectivity index (χ3v) is 13.4. The fourth-order valence-corrected chi connectivity index (χ4v) is 8.72. The van der Waals surface area contributed by atoms with Crippen LogP contribution in [0, 0.1) is 5.92 Å². The van der Waals surface area contributed by atoms with Gasteiger partial charge < -0.3 is 14.2 Å². The molecular weight excluding hydrogens is 781 g/mol. The molecule has 0 aromatic heterocycles. The van der Waals surface area contributed by atoms with E-state index in [1.54, 1.807) is 0 Å². The molecule has 0 saturated heterocycles. The quantitative estimate of drug-likeness (QED) is 0.0344. The van der Waals surface area contributed by atoms with Crippen LogP contribution in [0.4, 0.5) is 0 Å². The van der Waals surface area contributed by atoms with Gasteiger partial charge in [-0.05, 0) is 25.2 Å². The number of hydrogen-bond acceptors (Lipinski definition) is 6. The van der Waals surface area contributed by atoms with Gasteiger partial charge in [0.15, 0.2) is 6.10 Å². The summed E-state index contributed by atoms with van der Waals surface area (Å²) in [4.78, 5) is 38.0. The largest absolute Gasteiger partial charge is 0.462 e. The molecule has 2 atom stereocenters. The molecule has 0 aliphatic rings. The lowest BCUT2D eigenvalue weighted by Gasteiger charge is -2.18. The zero-order valence-corrected chi connectivity index (χ0v) is 43.0. The van der Waals surface area contributed by atoms with Crippen LogP contribution in [-0.4, -0.2) is 37.2 Å². The number of carbonyl (C=O) groups excluding carboxylic acids is 3. The van der Waals surface area contributed by atoms with E-state index >= 15 is 0 Å². The fourth-order valence-electron chi connectivity index (χ4n) is 8.72. The van der Waals surface area contributed by atoms with Gasteiger partial charge >= 0.3 is 17.9 Å². The minimum atomic E-state index is -0.761. The van der Waals surface area contributed by atoms with Crippen LogP contribution in [0.3, 0.4) is 0 Å². The summed E-state index contributed by atoms with van der Waals surface area (Å²) in [7, 11) is 0. The molecule has 0 aromatic carbocycles. The zero-order valence-electron chi connectivity index (χ0n) is 43.0. The second-order valence-electron chi connectivity index (χ2n) is 19.8. The van der Waals surface area contributed by atoms with E-state index in [-0.39, 0.29) is 31.1 Å². The van der Waals surface area contributed by atoms with Crippen molar-refractivity contribution in [3.8, 4) is 0 Å². The Labute approximate surface area is 393 Å². The normalized spacial score (nSPS) is 12.4. The lowest BCUT2D eigenvalue weighted by atomic mass is 9.99. The van der Waals surface area contributed by atoms with E-state index in [4.69, 9.17) is 14.2 Å². The summed E-state index contributed by atoms with van der Waals surface area (Å²) >= 11 is 0. The Bertz CT molecular complexity index is 951. The van der Waals surface area contributed by atoms with E-state index in [1.165, 1.54) is 218 Å². The van der Waals surface area contributed by atoms with Gasteiger partial charge in [0.1, 0.15) is 13.2 Å². The number of unbranched alkanes of at least 4 members (excludes halogenated alkanes) is 38. The minimum Gasteiger partial charge on any atom is -0.462 e. The molecule has 0 aliphatic carbocycles. The third kappa shape index (κ3) is 49.7. The van der Waals surface area contributed by atoms with Crippen molar-refractivity contribution in [3.05, 3.63) is 0 Å². The third-order valence-electron chi connectivity index (χ3n) is 13.4. The van der Waals surface area contributed by atoms with E-state index in [9.17, 15) is 14.4 Å². The number of rotatable bonds is 52. The first-order chi connectivity index (χ1) is 30.9. The van der Waals surface area contributed by atoms with Gasteiger partial charge in [0, 0.05) is 19.3 Å². The van der Waals surface area contributed by atoms with Crippen LogP contribution in [0.5, 0.6) is 0 Å². The number of hydrogen-bond donors (Lipinski definition) is 0. The highest BCUT2D eigenvalue weighted by molar-refractivity contribution is 5.71. The average Bonchev–Trinajstić information content (AvgIpc) is 3.28. The summed E-state index contributed by atoms with van der Waals surface area (Å²) in [5.74, 6) is 0.0540. The highest BCUT2D eigenvalue weighted by Gasteiger charge is 2.19. The van der Waals surface area contributed by atoms with Gasteiger partial charge in [-0.2, -0.15) is 0 Å². The van der Waals surface area contributed by atoms with Gasteiger partial charge in [-0.25, -0.2) is 0 Å². The van der Waals surface area contributed by atoms with Crippen LogP contribution >= 0.6 is 0 Å². The molecule has 0 N–H and O–H groups in total. The molecule has 0 rings (SSSR count). The van der Waals surface area contributed by atoms with Gasteiger partial charge in [0.05, 0.1) is 0 Å². The summed E-state index contributed by atoms with van der Waals surface area (Å²) < 4.78 is 16.8. The van der Waals surface area contributed by atoms with Crippen LogP contribution in [0.1, 0.15) is 323 Å². The monoisotopic (exact) mass is 891 g/mol. The Morgan fingerprint density at radius 3 is 0.825 bits per heavy atom. The van der Waals surface area contributed by atoms with Crippen molar-refractivity contribution in [2.75, 3.05) is 13.2 Å². The predicted octanol–water partition coefficient (Wildman–Crippen LogP) is 18.6. The van der Waals surface area contributed by atoms with Crippen molar-refractivity contribution in [1.82, 2.24) is 0 Å². The van der Waals surface area contributed by atoms with Gasteiger partial charge in [0.2, 0.25) is 0 Å². The van der Waals surface area contributed by atoms with Crippen molar-refractivity contribution in [1.29, 1.82) is 0 Å². The first kappa shape index (κ1) is 61.4. The molecule has 0 bridgehead atoms. The molecule has 0 heterocycles. The highest BCUT2D eigenvalue weighted by Crippen LogP contribution is 2.18. The molecule has 63 heavy (non-hydrogen) atoms. The van der Waals surface area contributed by atoms with E-state index in [2.05, 4.69) is 27.7 Å². The first-order valence-corrected chi connectivity index (χ1v) is 28.4. The van der Waals surface area contributed by atoms with Crippen molar-refractivity contribution in [2.24, 2.45) is 5.92 Å². The summed E-state index contributed by atoms with van der Waals surface area (Å²) in [6.07, 6.45) is 55.2. The predicted molar refractivity (Wildman–Crippen MR) is 270 cm³/mol. The molecule has 6 nitrogen and oxygen atoms in total. The molecular formula is C57H110O6. The van der Waals surface area contributed by atoms with Crippen LogP contribution < -0.4 is 0 Å². The minimum absolute atomic E-state index is 0.0622. The lowest BCUT2D eigenvalue weighted by Crippen LogP contribution is -2.30. The molecule has 0 fully saturated rings. The van der Waals surface area contributed by atoms with E-state index < -0.39 is 6.10 Å². The van der Waals surface area contributed by atoms with Gasteiger partial charge in [0.25, 0.3) is 0 Å². The smallest absolute Gasteiger partial charge is 0.306 e. The number of ether oxygens (including phenoxy) is 3. The number of esters is 3. The average molecular weight is 892 g/mol. The Balaban J connectivity index is 4.22. The fraction of sp³-hybridized carbons (Fsp3) is 0.947. The SMILES string of the molecule is CCCCCCCCCCCCCCCCCCCCC(=O)OC[C@H](COC(=O)CCCCCCCCCCC)OC(=O)CCCCCCCCCCCCCCCCC(C)CC. The van der Waals surface area contributed by atoms with Crippen LogP contribution in [0.15, 0.2) is 0 Å². The second kappa shape index (κ2) is 51.4. The second-order valence-corrected chi connectivity index (χ2v) is 19.8. The summed E-state index contributed by atoms with van der Waals surface area (Å²) in [6.45, 7) is 9.07. The van der Waals surface area contributed by atoms with Crippen LogP contribution in [-0.2, 0) is 28.6 Å². The lowest BCUT2D eigenvalue weighted by molar-refractivity contribution is -0.167. The Kier molecular flexibility index (Phi) is 50.1. The molecule has 0 spiro atoms. The zero-order chi connectivity index (χ0) is 45.9. The van der Waals surface area contributed by atoms with Gasteiger partial charge in [-0.3, -0.25) is 14.4 Å². The Hall–Kier alpha value is -1.59. The molecule has 6 heteroatoms. The van der Waals surface area contributed by atoms with E-state index in [1.807, 2.05) is 0 Å². The summed E-state index contributed by atoms with van der Waals surface area (Å²) in [6, 6.07) is 0. The molecule has 1 unspecified atom stereocenters. The van der Waals surface area contributed by atoms with Crippen molar-refractivity contribution >= 4 is 17.9 Å². The van der Waals surface area contributed by atoms with Gasteiger partial charge in [-0.15, -0.1) is 0 Å². The van der Waals surface area contributed by atoms with E-state index in [0.717, 1.165) is 63.7 Å². The van der Waals surface area contributed by atoms with Crippen LogP contribution in [0.25, 0.3) is 0 Å². The molecule has 0 aromatic rings. The Morgan fingerprint density at radius 1 is 0.317 bits per heavy atom.